The second-order valence-corrected chi connectivity index (χ2v) is 8.66. The highest BCUT2D eigenvalue weighted by Crippen LogP contribution is 2.65. The standard InChI is InChI=1S/C22H28N2O3/c1-4-20-10-7-12-24-13-11-21(18(20)24)15-8-5-6-9-16(15)23-17(21)22(14-20,27-3)19(25)26-2/h5-6,8-9,18H,4,7,10-14H2,1-3H3/t18-,20-,21-,22?/m1/s1. The van der Waals surface area contributed by atoms with Gasteiger partial charge in [0.2, 0.25) is 5.60 Å². The summed E-state index contributed by atoms with van der Waals surface area (Å²) in [6.45, 7) is 4.47. The first-order valence-corrected chi connectivity index (χ1v) is 10.1. The average molecular weight is 368 g/mol. The van der Waals surface area contributed by atoms with Crippen LogP contribution >= 0.6 is 0 Å². The third kappa shape index (κ3) is 1.87. The van der Waals surface area contributed by atoms with Crippen molar-refractivity contribution in [1.29, 1.82) is 0 Å². The van der Waals surface area contributed by atoms with Crippen molar-refractivity contribution < 1.29 is 14.3 Å². The van der Waals surface area contributed by atoms with Crippen LogP contribution in [0.2, 0.25) is 0 Å². The summed E-state index contributed by atoms with van der Waals surface area (Å²) in [6.07, 6.45) is 5.00. The molecule has 0 aromatic heterocycles. The van der Waals surface area contributed by atoms with Gasteiger partial charge in [-0.2, -0.15) is 0 Å². The van der Waals surface area contributed by atoms with Crippen molar-refractivity contribution in [2.24, 2.45) is 10.4 Å². The first kappa shape index (κ1) is 17.4. The fraction of sp³-hybridized carbons (Fsp3) is 0.636. The zero-order chi connectivity index (χ0) is 18.9. The predicted octanol–water partition coefficient (Wildman–Crippen LogP) is 3.24. The number of carbonyl (C=O) groups excluding carboxylic acids is 1. The molecule has 1 spiro atoms. The summed E-state index contributed by atoms with van der Waals surface area (Å²) in [5.74, 6) is -0.300. The number of fused-ring (bicyclic) bond motifs is 1. The maximum absolute atomic E-state index is 13.2. The summed E-state index contributed by atoms with van der Waals surface area (Å²) in [7, 11) is 3.11. The SMILES string of the molecule is CC[C@@]12CCCN3CC[C@@]4(C(=Nc5ccccc54)C(OC)(C(=O)OC)C1)[C@H]32. The molecule has 4 aliphatic rings. The minimum atomic E-state index is -1.09. The average Bonchev–Trinajstić information content (AvgIpc) is 3.27. The van der Waals surface area contributed by atoms with Gasteiger partial charge in [-0.15, -0.1) is 0 Å². The normalized spacial score (nSPS) is 39.4. The molecule has 5 heteroatoms. The predicted molar refractivity (Wildman–Crippen MR) is 104 cm³/mol. The molecule has 3 aliphatic heterocycles. The number of aliphatic imine (C=N–C) groups is 1. The number of methoxy groups -OCH3 is 2. The summed E-state index contributed by atoms with van der Waals surface area (Å²) in [5.41, 5.74) is 1.87. The Morgan fingerprint density at radius 3 is 2.81 bits per heavy atom. The largest absolute Gasteiger partial charge is 0.467 e. The molecule has 3 fully saturated rings. The van der Waals surface area contributed by atoms with E-state index < -0.39 is 5.60 Å². The molecule has 1 aromatic carbocycles. The van der Waals surface area contributed by atoms with Crippen LogP contribution < -0.4 is 0 Å². The number of esters is 1. The molecule has 0 amide bonds. The summed E-state index contributed by atoms with van der Waals surface area (Å²) < 4.78 is 11.4. The van der Waals surface area contributed by atoms with Crippen LogP contribution in [-0.2, 0) is 19.7 Å². The number of nitrogens with zero attached hydrogens (tertiary/aromatic N) is 2. The molecule has 1 aliphatic carbocycles. The van der Waals surface area contributed by atoms with E-state index in [9.17, 15) is 4.79 Å². The molecule has 144 valence electrons. The Hall–Kier alpha value is -1.72. The number of para-hydroxylation sites is 1. The minimum absolute atomic E-state index is 0.0371. The Morgan fingerprint density at radius 1 is 1.26 bits per heavy atom. The first-order chi connectivity index (χ1) is 13.1. The lowest BCUT2D eigenvalue weighted by molar-refractivity contribution is -0.167. The molecule has 0 N–H and O–H groups in total. The highest BCUT2D eigenvalue weighted by atomic mass is 16.6. The molecule has 1 saturated carbocycles. The second-order valence-electron chi connectivity index (χ2n) is 8.66. The fourth-order valence-electron chi connectivity index (χ4n) is 6.94. The van der Waals surface area contributed by atoms with Gasteiger partial charge >= 0.3 is 5.97 Å². The van der Waals surface area contributed by atoms with E-state index in [1.54, 1.807) is 7.11 Å². The van der Waals surface area contributed by atoms with Gasteiger partial charge < -0.3 is 9.47 Å². The molecule has 4 atom stereocenters. The van der Waals surface area contributed by atoms with Crippen molar-refractivity contribution in [3.05, 3.63) is 29.8 Å². The Kier molecular flexibility index (Phi) is 3.63. The van der Waals surface area contributed by atoms with E-state index in [0.29, 0.717) is 12.5 Å². The Labute approximate surface area is 160 Å². The molecule has 5 nitrogen and oxygen atoms in total. The molecule has 2 saturated heterocycles. The summed E-state index contributed by atoms with van der Waals surface area (Å²) >= 11 is 0. The number of piperidine rings is 1. The number of hydrogen-bond acceptors (Lipinski definition) is 5. The highest BCUT2D eigenvalue weighted by molar-refractivity contribution is 6.19. The molecule has 1 aromatic rings. The summed E-state index contributed by atoms with van der Waals surface area (Å²) in [5, 5.41) is 0. The van der Waals surface area contributed by atoms with Gasteiger partial charge in [-0.25, -0.2) is 4.79 Å². The molecule has 0 bridgehead atoms. The van der Waals surface area contributed by atoms with E-state index in [1.807, 2.05) is 6.07 Å². The van der Waals surface area contributed by atoms with Crippen molar-refractivity contribution >= 4 is 17.4 Å². The van der Waals surface area contributed by atoms with Crippen LogP contribution in [0.15, 0.2) is 29.3 Å². The highest BCUT2D eigenvalue weighted by Gasteiger charge is 2.73. The van der Waals surface area contributed by atoms with Crippen LogP contribution in [0.3, 0.4) is 0 Å². The second kappa shape index (κ2) is 5.65. The van der Waals surface area contributed by atoms with Gasteiger partial charge in [-0.3, -0.25) is 9.89 Å². The van der Waals surface area contributed by atoms with Crippen molar-refractivity contribution in [2.75, 3.05) is 27.3 Å². The number of benzene rings is 1. The first-order valence-electron chi connectivity index (χ1n) is 10.1. The van der Waals surface area contributed by atoms with E-state index in [-0.39, 0.29) is 16.8 Å². The van der Waals surface area contributed by atoms with Gasteiger partial charge in [-0.1, -0.05) is 25.1 Å². The quantitative estimate of drug-likeness (QED) is 0.769. The smallest absolute Gasteiger partial charge is 0.344 e. The Morgan fingerprint density at radius 2 is 2.07 bits per heavy atom. The van der Waals surface area contributed by atoms with Crippen molar-refractivity contribution in [1.82, 2.24) is 4.90 Å². The topological polar surface area (TPSA) is 51.1 Å². The van der Waals surface area contributed by atoms with Gasteiger partial charge in [-0.05, 0) is 62.2 Å². The van der Waals surface area contributed by atoms with Crippen LogP contribution in [0.25, 0.3) is 0 Å². The lowest BCUT2D eigenvalue weighted by atomic mass is 9.49. The summed E-state index contributed by atoms with van der Waals surface area (Å²) in [4.78, 5) is 20.9. The van der Waals surface area contributed by atoms with E-state index in [1.165, 1.54) is 19.1 Å². The maximum Gasteiger partial charge on any atom is 0.344 e. The molecule has 27 heavy (non-hydrogen) atoms. The Balaban J connectivity index is 1.83. The van der Waals surface area contributed by atoms with Crippen LogP contribution in [0, 0.1) is 5.41 Å². The van der Waals surface area contributed by atoms with E-state index in [2.05, 4.69) is 30.0 Å². The third-order valence-corrected chi connectivity index (χ3v) is 7.92. The number of rotatable bonds is 3. The van der Waals surface area contributed by atoms with Crippen LogP contribution in [0.1, 0.15) is 44.6 Å². The van der Waals surface area contributed by atoms with Gasteiger partial charge in [0.05, 0.1) is 23.9 Å². The van der Waals surface area contributed by atoms with E-state index in [4.69, 9.17) is 14.5 Å². The molecule has 1 unspecified atom stereocenters. The lowest BCUT2D eigenvalue weighted by Gasteiger charge is -2.60. The van der Waals surface area contributed by atoms with Gasteiger partial charge in [0, 0.05) is 13.2 Å². The number of carbonyl (C=O) groups is 1. The zero-order valence-corrected chi connectivity index (χ0v) is 16.5. The lowest BCUT2D eigenvalue weighted by Crippen LogP contribution is -2.71. The van der Waals surface area contributed by atoms with Gasteiger partial charge in [0.25, 0.3) is 0 Å². The number of hydrogen-bond donors (Lipinski definition) is 0. The molecule has 5 rings (SSSR count). The van der Waals surface area contributed by atoms with E-state index >= 15 is 0 Å². The third-order valence-electron chi connectivity index (χ3n) is 7.92. The van der Waals surface area contributed by atoms with Crippen molar-refractivity contribution in [2.45, 2.75) is 56.1 Å². The maximum atomic E-state index is 13.2. The molecule has 0 radical (unpaired) electrons. The summed E-state index contributed by atoms with van der Waals surface area (Å²) in [6, 6.07) is 8.81. The van der Waals surface area contributed by atoms with Crippen molar-refractivity contribution in [3.63, 3.8) is 0 Å². The van der Waals surface area contributed by atoms with Crippen LogP contribution in [0.4, 0.5) is 5.69 Å². The molecular weight excluding hydrogens is 340 g/mol. The fourth-order valence-corrected chi connectivity index (χ4v) is 6.94. The number of ether oxygens (including phenoxy) is 2. The van der Waals surface area contributed by atoms with Gasteiger partial charge in [0.15, 0.2) is 0 Å². The minimum Gasteiger partial charge on any atom is -0.467 e. The van der Waals surface area contributed by atoms with Crippen molar-refractivity contribution in [3.8, 4) is 0 Å². The van der Waals surface area contributed by atoms with Gasteiger partial charge in [0.1, 0.15) is 0 Å². The monoisotopic (exact) mass is 368 g/mol. The Bertz CT molecular complexity index is 837. The van der Waals surface area contributed by atoms with Crippen LogP contribution in [-0.4, -0.2) is 55.5 Å². The van der Waals surface area contributed by atoms with Crippen LogP contribution in [0.5, 0.6) is 0 Å². The molecule has 3 heterocycles. The molecular formula is C22H28N2O3. The zero-order valence-electron chi connectivity index (χ0n) is 16.5. The van der Waals surface area contributed by atoms with E-state index in [0.717, 1.165) is 43.8 Å².